The van der Waals surface area contributed by atoms with Crippen molar-refractivity contribution in [2.75, 3.05) is 0 Å². The summed E-state index contributed by atoms with van der Waals surface area (Å²) in [4.78, 5) is 19.6. The minimum atomic E-state index is 0.0224. The molecule has 0 aliphatic heterocycles. The second kappa shape index (κ2) is 6.01. The van der Waals surface area contributed by atoms with Gasteiger partial charge in [-0.2, -0.15) is 0 Å². The standard InChI is InChI=1S/C15H15ClN2O2/c1-9(2)20-13-7-5-4-6-11(13)14-12(8-19)15(16)18-10(3)17-14/h4-9H,1-3H3. The topological polar surface area (TPSA) is 52.1 Å². The second-order valence-corrected chi connectivity index (χ2v) is 4.96. The molecular formula is C15H15ClN2O2. The van der Waals surface area contributed by atoms with Crippen LogP contribution in [0.3, 0.4) is 0 Å². The molecule has 104 valence electrons. The van der Waals surface area contributed by atoms with Gasteiger partial charge in [0.1, 0.15) is 16.7 Å². The highest BCUT2D eigenvalue weighted by molar-refractivity contribution is 6.32. The number of para-hydroxylation sites is 1. The summed E-state index contributed by atoms with van der Waals surface area (Å²) >= 11 is 6.02. The van der Waals surface area contributed by atoms with Crippen LogP contribution in [0.5, 0.6) is 5.75 Å². The van der Waals surface area contributed by atoms with E-state index in [1.54, 1.807) is 6.92 Å². The van der Waals surface area contributed by atoms with E-state index in [4.69, 9.17) is 16.3 Å². The molecule has 2 aromatic rings. The molecule has 1 aromatic heterocycles. The van der Waals surface area contributed by atoms with E-state index in [2.05, 4.69) is 9.97 Å². The fourth-order valence-electron chi connectivity index (χ4n) is 1.88. The molecule has 0 fully saturated rings. The van der Waals surface area contributed by atoms with Crippen molar-refractivity contribution in [3.05, 3.63) is 40.8 Å². The summed E-state index contributed by atoms with van der Waals surface area (Å²) in [5, 5.41) is 0.154. The van der Waals surface area contributed by atoms with Gasteiger partial charge in [0.05, 0.1) is 17.4 Å². The molecule has 0 saturated carbocycles. The number of rotatable bonds is 4. The average molecular weight is 291 g/mol. The van der Waals surface area contributed by atoms with E-state index >= 15 is 0 Å². The van der Waals surface area contributed by atoms with E-state index < -0.39 is 0 Å². The number of benzene rings is 1. The maximum absolute atomic E-state index is 11.3. The SMILES string of the molecule is Cc1nc(Cl)c(C=O)c(-c2ccccc2OC(C)C)n1. The summed E-state index contributed by atoms with van der Waals surface area (Å²) < 4.78 is 5.76. The molecule has 20 heavy (non-hydrogen) atoms. The molecule has 5 heteroatoms. The van der Waals surface area contributed by atoms with Gasteiger partial charge in [-0.25, -0.2) is 9.97 Å². The number of hydrogen-bond donors (Lipinski definition) is 0. The van der Waals surface area contributed by atoms with E-state index in [0.717, 1.165) is 5.56 Å². The zero-order valence-corrected chi connectivity index (χ0v) is 12.3. The summed E-state index contributed by atoms with van der Waals surface area (Å²) in [5.41, 5.74) is 1.50. The number of carbonyl (C=O) groups excluding carboxylic acids is 1. The first kappa shape index (κ1) is 14.5. The Labute approximate surface area is 122 Å². The molecule has 0 aliphatic carbocycles. The minimum absolute atomic E-state index is 0.0224. The van der Waals surface area contributed by atoms with Crippen LogP contribution in [0.25, 0.3) is 11.3 Å². The zero-order valence-electron chi connectivity index (χ0n) is 11.6. The predicted octanol–water partition coefficient (Wildman–Crippen LogP) is 3.71. The summed E-state index contributed by atoms with van der Waals surface area (Å²) in [5.74, 6) is 1.18. The summed E-state index contributed by atoms with van der Waals surface area (Å²) in [7, 11) is 0. The Balaban J connectivity index is 2.65. The lowest BCUT2D eigenvalue weighted by atomic mass is 10.1. The molecule has 0 radical (unpaired) electrons. The van der Waals surface area contributed by atoms with Gasteiger partial charge in [-0.1, -0.05) is 23.7 Å². The van der Waals surface area contributed by atoms with Crippen molar-refractivity contribution >= 4 is 17.9 Å². The van der Waals surface area contributed by atoms with E-state index in [9.17, 15) is 4.79 Å². The first-order chi connectivity index (χ1) is 9.52. The van der Waals surface area contributed by atoms with Crippen molar-refractivity contribution in [1.29, 1.82) is 0 Å². The van der Waals surface area contributed by atoms with Gasteiger partial charge in [0.2, 0.25) is 0 Å². The maximum Gasteiger partial charge on any atom is 0.155 e. The summed E-state index contributed by atoms with van der Waals surface area (Å²) in [6.07, 6.45) is 0.692. The molecule has 0 bridgehead atoms. The number of halogens is 1. The molecule has 0 unspecified atom stereocenters. The number of nitrogens with zero attached hydrogens (tertiary/aromatic N) is 2. The van der Waals surface area contributed by atoms with Crippen molar-refractivity contribution < 1.29 is 9.53 Å². The Hall–Kier alpha value is -1.94. The highest BCUT2D eigenvalue weighted by atomic mass is 35.5. The van der Waals surface area contributed by atoms with E-state index in [1.165, 1.54) is 0 Å². The Bertz CT molecular complexity index is 642. The molecule has 0 spiro atoms. The third-order valence-corrected chi connectivity index (χ3v) is 2.92. The first-order valence-electron chi connectivity index (χ1n) is 6.28. The molecule has 4 nitrogen and oxygen atoms in total. The monoisotopic (exact) mass is 290 g/mol. The Morgan fingerprint density at radius 3 is 2.60 bits per heavy atom. The third kappa shape index (κ3) is 2.96. The average Bonchev–Trinajstić information content (AvgIpc) is 2.38. The molecular weight excluding hydrogens is 276 g/mol. The molecule has 0 saturated heterocycles. The largest absolute Gasteiger partial charge is 0.490 e. The van der Waals surface area contributed by atoms with Crippen LogP contribution in [0.15, 0.2) is 24.3 Å². The molecule has 2 rings (SSSR count). The predicted molar refractivity (Wildman–Crippen MR) is 78.4 cm³/mol. The zero-order chi connectivity index (χ0) is 14.7. The third-order valence-electron chi connectivity index (χ3n) is 2.63. The van der Waals surface area contributed by atoms with Crippen molar-refractivity contribution in [2.24, 2.45) is 0 Å². The van der Waals surface area contributed by atoms with Gasteiger partial charge in [0.25, 0.3) is 0 Å². The number of aryl methyl sites for hydroxylation is 1. The highest BCUT2D eigenvalue weighted by Gasteiger charge is 2.16. The molecule has 1 aromatic carbocycles. The van der Waals surface area contributed by atoms with Crippen LogP contribution in [0.4, 0.5) is 0 Å². The highest BCUT2D eigenvalue weighted by Crippen LogP contribution is 2.33. The second-order valence-electron chi connectivity index (χ2n) is 4.60. The van der Waals surface area contributed by atoms with Crippen LogP contribution >= 0.6 is 11.6 Å². The van der Waals surface area contributed by atoms with Crippen LogP contribution in [0.2, 0.25) is 5.15 Å². The Kier molecular flexibility index (Phi) is 4.35. The van der Waals surface area contributed by atoms with Crippen LogP contribution in [0, 0.1) is 6.92 Å². The lowest BCUT2D eigenvalue weighted by Crippen LogP contribution is -2.07. The quantitative estimate of drug-likeness (QED) is 0.636. The number of carbonyl (C=O) groups is 1. The van der Waals surface area contributed by atoms with Crippen LogP contribution in [-0.2, 0) is 0 Å². The van der Waals surface area contributed by atoms with Gasteiger partial charge in [-0.05, 0) is 32.9 Å². The number of aldehydes is 1. The van der Waals surface area contributed by atoms with Crippen LogP contribution in [-0.4, -0.2) is 22.4 Å². The van der Waals surface area contributed by atoms with Crippen molar-refractivity contribution in [3.63, 3.8) is 0 Å². The van der Waals surface area contributed by atoms with Gasteiger partial charge < -0.3 is 4.74 Å². The number of ether oxygens (including phenoxy) is 1. The van der Waals surface area contributed by atoms with Gasteiger partial charge in [0, 0.05) is 5.56 Å². The van der Waals surface area contributed by atoms with E-state index in [-0.39, 0.29) is 16.8 Å². The van der Waals surface area contributed by atoms with Crippen LogP contribution in [0.1, 0.15) is 30.0 Å². The lowest BCUT2D eigenvalue weighted by Gasteiger charge is -2.15. The Morgan fingerprint density at radius 1 is 1.25 bits per heavy atom. The molecule has 0 amide bonds. The van der Waals surface area contributed by atoms with Gasteiger partial charge in [0.15, 0.2) is 6.29 Å². The van der Waals surface area contributed by atoms with Gasteiger partial charge in [-0.15, -0.1) is 0 Å². The first-order valence-corrected chi connectivity index (χ1v) is 6.66. The van der Waals surface area contributed by atoms with Gasteiger partial charge in [-0.3, -0.25) is 4.79 Å². The van der Waals surface area contributed by atoms with Gasteiger partial charge >= 0.3 is 0 Å². The minimum Gasteiger partial charge on any atom is -0.490 e. The number of aromatic nitrogens is 2. The normalized spacial score (nSPS) is 10.7. The van der Waals surface area contributed by atoms with E-state index in [1.807, 2.05) is 38.1 Å². The smallest absolute Gasteiger partial charge is 0.155 e. The summed E-state index contributed by atoms with van der Waals surface area (Å²) in [6.45, 7) is 5.61. The fraction of sp³-hybridized carbons (Fsp3) is 0.267. The lowest BCUT2D eigenvalue weighted by molar-refractivity contribution is 0.112. The maximum atomic E-state index is 11.3. The van der Waals surface area contributed by atoms with Crippen molar-refractivity contribution in [1.82, 2.24) is 9.97 Å². The Morgan fingerprint density at radius 2 is 1.95 bits per heavy atom. The fourth-order valence-corrected chi connectivity index (χ4v) is 2.13. The molecule has 1 heterocycles. The molecule has 0 atom stereocenters. The van der Waals surface area contributed by atoms with Crippen molar-refractivity contribution in [3.8, 4) is 17.0 Å². The van der Waals surface area contributed by atoms with Crippen LogP contribution < -0.4 is 4.74 Å². The molecule has 0 aliphatic rings. The summed E-state index contributed by atoms with van der Waals surface area (Å²) in [6, 6.07) is 7.43. The van der Waals surface area contributed by atoms with E-state index in [0.29, 0.717) is 23.6 Å². The van der Waals surface area contributed by atoms with Crippen molar-refractivity contribution in [2.45, 2.75) is 26.9 Å². The molecule has 0 N–H and O–H groups in total. The number of hydrogen-bond acceptors (Lipinski definition) is 4.